The first kappa shape index (κ1) is 35.0. The molecular weight excluding hydrogens is 624 g/mol. The average molecular weight is 669 g/mol. The number of pyridine rings is 1. The van der Waals surface area contributed by atoms with E-state index in [1.54, 1.807) is 48.7 Å². The van der Waals surface area contributed by atoms with Gasteiger partial charge in [0.15, 0.2) is 11.5 Å². The molecular formula is C38H44N4O7. The van der Waals surface area contributed by atoms with Gasteiger partial charge in [-0.05, 0) is 81.5 Å². The van der Waals surface area contributed by atoms with E-state index in [0.29, 0.717) is 58.8 Å². The molecule has 1 aliphatic rings. The molecule has 0 spiro atoms. The molecule has 4 aromatic rings. The van der Waals surface area contributed by atoms with E-state index in [4.69, 9.17) is 19.0 Å². The Labute approximate surface area is 286 Å². The SMILES string of the molecule is CCCCCCC(CC)OC(=O)NOc1cc2c(Oc3ccc(NC(=O)C4(C(=O)Nc5ccc(C)cc5)CC4)cc3)ccnc2cc1OC. The number of methoxy groups -OCH3 is 1. The Morgan fingerprint density at radius 3 is 2.12 bits per heavy atom. The molecule has 0 radical (unpaired) electrons. The summed E-state index contributed by atoms with van der Waals surface area (Å²) in [5.41, 5.74) is 4.15. The highest BCUT2D eigenvalue weighted by atomic mass is 16.7. The number of benzene rings is 3. The smallest absolute Gasteiger partial charge is 0.440 e. The van der Waals surface area contributed by atoms with Crippen molar-refractivity contribution in [2.24, 2.45) is 5.41 Å². The Hall–Kier alpha value is -5.32. The molecule has 3 N–H and O–H groups in total. The van der Waals surface area contributed by atoms with Crippen LogP contribution in [0, 0.1) is 12.3 Å². The number of hydrogen-bond acceptors (Lipinski definition) is 8. The van der Waals surface area contributed by atoms with Crippen molar-refractivity contribution in [3.63, 3.8) is 0 Å². The van der Waals surface area contributed by atoms with Gasteiger partial charge in [0.25, 0.3) is 0 Å². The van der Waals surface area contributed by atoms with Crippen LogP contribution in [0.25, 0.3) is 10.9 Å². The Balaban J connectivity index is 1.21. The third-order valence-corrected chi connectivity index (χ3v) is 8.61. The first-order valence-electron chi connectivity index (χ1n) is 16.8. The summed E-state index contributed by atoms with van der Waals surface area (Å²) in [4.78, 5) is 48.7. The third kappa shape index (κ3) is 8.98. The van der Waals surface area contributed by atoms with Crippen LogP contribution >= 0.6 is 0 Å². The first-order chi connectivity index (χ1) is 23.7. The molecule has 1 fully saturated rings. The predicted octanol–water partition coefficient (Wildman–Crippen LogP) is 8.47. The van der Waals surface area contributed by atoms with E-state index >= 15 is 0 Å². The van der Waals surface area contributed by atoms with Crippen LogP contribution in [0.5, 0.6) is 23.0 Å². The topological polar surface area (TPSA) is 137 Å². The van der Waals surface area contributed by atoms with Crippen molar-refractivity contribution in [2.45, 2.75) is 78.2 Å². The molecule has 5 rings (SSSR count). The van der Waals surface area contributed by atoms with Crippen molar-refractivity contribution >= 4 is 40.2 Å². The minimum atomic E-state index is -1.09. The number of hydroxylamine groups is 1. The number of carbonyl (C=O) groups is 3. The van der Waals surface area contributed by atoms with Crippen LogP contribution < -0.4 is 30.4 Å². The molecule has 1 aliphatic carbocycles. The quantitative estimate of drug-likeness (QED) is 0.0614. The second kappa shape index (κ2) is 16.2. The number of carbonyl (C=O) groups excluding carboxylic acids is 3. The summed E-state index contributed by atoms with van der Waals surface area (Å²) in [5, 5.41) is 6.35. The summed E-state index contributed by atoms with van der Waals surface area (Å²) in [7, 11) is 1.50. The largest absolute Gasteiger partial charge is 0.493 e. The molecule has 49 heavy (non-hydrogen) atoms. The van der Waals surface area contributed by atoms with Crippen LogP contribution in [0.3, 0.4) is 0 Å². The monoisotopic (exact) mass is 668 g/mol. The summed E-state index contributed by atoms with van der Waals surface area (Å²) < 4.78 is 17.2. The number of amides is 3. The van der Waals surface area contributed by atoms with E-state index in [-0.39, 0.29) is 23.7 Å². The lowest BCUT2D eigenvalue weighted by atomic mass is 10.0. The minimum Gasteiger partial charge on any atom is -0.493 e. The highest BCUT2D eigenvalue weighted by molar-refractivity contribution is 6.16. The molecule has 1 unspecified atom stereocenters. The van der Waals surface area contributed by atoms with Crippen molar-refractivity contribution in [2.75, 3.05) is 17.7 Å². The van der Waals surface area contributed by atoms with E-state index in [2.05, 4.69) is 28.0 Å². The van der Waals surface area contributed by atoms with Gasteiger partial charge in [-0.15, -0.1) is 0 Å². The van der Waals surface area contributed by atoms with E-state index in [9.17, 15) is 14.4 Å². The van der Waals surface area contributed by atoms with Crippen LogP contribution in [-0.2, 0) is 14.3 Å². The number of unbranched alkanes of at least 4 members (excludes halogenated alkanes) is 3. The zero-order valence-corrected chi connectivity index (χ0v) is 28.5. The standard InChI is InChI=1S/C38H44N4O7/c1-5-7-8-9-10-28(6-2)48-37(45)42-49-34-23-30-31(24-33(34)46-4)39-22-19-32(30)47-29-17-15-27(16-18-29)41-36(44)38(20-21-38)35(43)40-26-13-11-25(3)12-14-26/h11-19,22-24,28H,5-10,20-21H2,1-4H3,(H,40,43)(H,41,44)(H,42,45). The van der Waals surface area contributed by atoms with Crippen molar-refractivity contribution in [3.8, 4) is 23.0 Å². The molecule has 1 aromatic heterocycles. The van der Waals surface area contributed by atoms with Gasteiger partial charge in [-0.25, -0.2) is 4.79 Å². The highest BCUT2D eigenvalue weighted by Gasteiger charge is 2.56. The number of aryl methyl sites for hydroxylation is 1. The van der Waals surface area contributed by atoms with Gasteiger partial charge in [0.05, 0.1) is 12.6 Å². The number of nitrogens with zero attached hydrogens (tertiary/aromatic N) is 1. The molecule has 1 heterocycles. The van der Waals surface area contributed by atoms with Gasteiger partial charge < -0.3 is 29.7 Å². The lowest BCUT2D eigenvalue weighted by Gasteiger charge is -2.17. The van der Waals surface area contributed by atoms with Crippen molar-refractivity contribution in [3.05, 3.63) is 78.5 Å². The van der Waals surface area contributed by atoms with Gasteiger partial charge in [0.2, 0.25) is 11.8 Å². The van der Waals surface area contributed by atoms with E-state index < -0.39 is 11.5 Å². The zero-order valence-electron chi connectivity index (χ0n) is 28.5. The molecule has 0 bridgehead atoms. The Kier molecular flexibility index (Phi) is 11.6. The second-order valence-electron chi connectivity index (χ2n) is 12.3. The maximum atomic E-state index is 13.1. The molecule has 3 aromatic carbocycles. The molecule has 1 atom stereocenters. The van der Waals surface area contributed by atoms with Gasteiger partial charge in [-0.1, -0.05) is 50.8 Å². The first-order valence-corrected chi connectivity index (χ1v) is 16.8. The normalized spacial score (nSPS) is 13.6. The number of anilines is 2. The number of nitrogens with one attached hydrogen (secondary N) is 3. The fourth-order valence-corrected chi connectivity index (χ4v) is 5.43. The maximum absolute atomic E-state index is 13.1. The fraction of sp³-hybridized carbons (Fsp3) is 0.368. The van der Waals surface area contributed by atoms with Crippen molar-refractivity contribution in [1.82, 2.24) is 10.5 Å². The number of fused-ring (bicyclic) bond motifs is 1. The summed E-state index contributed by atoms with van der Waals surface area (Å²) in [6.45, 7) is 6.12. The molecule has 0 aliphatic heterocycles. The molecule has 3 amide bonds. The summed E-state index contributed by atoms with van der Waals surface area (Å²) in [6, 6.07) is 19.4. The lowest BCUT2D eigenvalue weighted by molar-refractivity contribution is -0.131. The van der Waals surface area contributed by atoms with Crippen LogP contribution in [0.2, 0.25) is 0 Å². The third-order valence-electron chi connectivity index (χ3n) is 8.61. The van der Waals surface area contributed by atoms with Gasteiger partial charge in [0.1, 0.15) is 23.0 Å². The number of aromatic nitrogens is 1. The Bertz CT molecular complexity index is 1750. The van der Waals surface area contributed by atoms with Crippen molar-refractivity contribution < 1.29 is 33.4 Å². The van der Waals surface area contributed by atoms with Crippen LogP contribution in [0.4, 0.5) is 16.2 Å². The average Bonchev–Trinajstić information content (AvgIpc) is 3.93. The lowest BCUT2D eigenvalue weighted by Crippen LogP contribution is -2.35. The number of ether oxygens (including phenoxy) is 3. The van der Waals surface area contributed by atoms with E-state index in [0.717, 1.165) is 37.7 Å². The van der Waals surface area contributed by atoms with Crippen LogP contribution in [0.15, 0.2) is 72.9 Å². The summed E-state index contributed by atoms with van der Waals surface area (Å²) in [5.74, 6) is 0.952. The zero-order chi connectivity index (χ0) is 34.8. The van der Waals surface area contributed by atoms with E-state index in [1.165, 1.54) is 7.11 Å². The highest BCUT2D eigenvalue weighted by Crippen LogP contribution is 2.47. The van der Waals surface area contributed by atoms with E-state index in [1.807, 2.05) is 38.1 Å². The van der Waals surface area contributed by atoms with Gasteiger partial charge in [-0.2, -0.15) is 5.48 Å². The summed E-state index contributed by atoms with van der Waals surface area (Å²) in [6.07, 6.45) is 7.64. The number of rotatable bonds is 16. The maximum Gasteiger partial charge on any atom is 0.440 e. The molecule has 1 saturated carbocycles. The molecule has 0 saturated heterocycles. The predicted molar refractivity (Wildman–Crippen MR) is 188 cm³/mol. The second-order valence-corrected chi connectivity index (χ2v) is 12.3. The van der Waals surface area contributed by atoms with Crippen LogP contribution in [0.1, 0.15) is 70.8 Å². The van der Waals surface area contributed by atoms with Gasteiger partial charge >= 0.3 is 6.09 Å². The van der Waals surface area contributed by atoms with Crippen LogP contribution in [-0.4, -0.2) is 36.1 Å². The molecule has 258 valence electrons. The van der Waals surface area contributed by atoms with Crippen molar-refractivity contribution in [1.29, 1.82) is 0 Å². The summed E-state index contributed by atoms with van der Waals surface area (Å²) >= 11 is 0. The molecule has 11 heteroatoms. The minimum absolute atomic E-state index is 0.193. The van der Waals surface area contributed by atoms with Gasteiger partial charge in [0, 0.05) is 35.1 Å². The Morgan fingerprint density at radius 1 is 0.837 bits per heavy atom. The fourth-order valence-electron chi connectivity index (χ4n) is 5.43. The van der Waals surface area contributed by atoms with Gasteiger partial charge in [-0.3, -0.25) is 14.6 Å². The molecule has 11 nitrogen and oxygen atoms in total. The number of hydrogen-bond donors (Lipinski definition) is 3. The Morgan fingerprint density at radius 2 is 1.51 bits per heavy atom.